The quantitative estimate of drug-likeness (QED) is 0.171. The number of aromatic carboxylic acids is 1. The molecule has 4 nitrogen and oxygen atoms in total. The van der Waals surface area contributed by atoms with E-state index in [0.29, 0.717) is 0 Å². The summed E-state index contributed by atoms with van der Waals surface area (Å²) in [4.78, 5) is 23.7. The van der Waals surface area contributed by atoms with Crippen molar-refractivity contribution in [2.45, 2.75) is 123 Å². The number of ether oxygens (including phenoxy) is 1. The maximum atomic E-state index is 12.4. The number of carbonyl (C=O) groups excluding carboxylic acids is 1. The molecule has 0 aliphatic carbocycles. The minimum atomic E-state index is -1.10. The van der Waals surface area contributed by atoms with Gasteiger partial charge < -0.3 is 9.84 Å². The first-order valence-electron chi connectivity index (χ1n) is 13.0. The fourth-order valence-corrected chi connectivity index (χ4v) is 4.10. The Labute approximate surface area is 196 Å². The summed E-state index contributed by atoms with van der Waals surface area (Å²) < 4.78 is 5.59. The number of hydrogen-bond donors (Lipinski definition) is 1. The van der Waals surface area contributed by atoms with Crippen LogP contribution in [-0.2, 0) is 4.74 Å². The van der Waals surface area contributed by atoms with Gasteiger partial charge in [-0.3, -0.25) is 0 Å². The lowest BCUT2D eigenvalue weighted by atomic mass is 10.0. The summed E-state index contributed by atoms with van der Waals surface area (Å²) in [6.07, 6.45) is 18.6. The minimum Gasteiger partial charge on any atom is -0.478 e. The van der Waals surface area contributed by atoms with Crippen molar-refractivity contribution >= 4 is 11.9 Å². The van der Waals surface area contributed by atoms with Crippen LogP contribution in [0.5, 0.6) is 0 Å². The summed E-state index contributed by atoms with van der Waals surface area (Å²) >= 11 is 0. The van der Waals surface area contributed by atoms with E-state index in [9.17, 15) is 14.7 Å². The van der Waals surface area contributed by atoms with Crippen molar-refractivity contribution in [2.24, 2.45) is 5.92 Å². The molecular weight excluding hydrogens is 400 g/mol. The van der Waals surface area contributed by atoms with Gasteiger partial charge in [0.25, 0.3) is 0 Å². The molecular formula is C28H46O4. The zero-order valence-corrected chi connectivity index (χ0v) is 20.7. The van der Waals surface area contributed by atoms with Crippen LogP contribution < -0.4 is 0 Å². The molecule has 1 atom stereocenters. The molecule has 1 aromatic carbocycles. The van der Waals surface area contributed by atoms with Crippen molar-refractivity contribution in [1.29, 1.82) is 0 Å². The van der Waals surface area contributed by atoms with Gasteiger partial charge >= 0.3 is 11.9 Å². The molecule has 0 aromatic heterocycles. The summed E-state index contributed by atoms with van der Waals surface area (Å²) in [5.41, 5.74) is 0.132. The van der Waals surface area contributed by atoms with Gasteiger partial charge in [0, 0.05) is 0 Å². The number of benzene rings is 1. The van der Waals surface area contributed by atoms with E-state index >= 15 is 0 Å². The van der Waals surface area contributed by atoms with Gasteiger partial charge in [-0.2, -0.15) is 0 Å². The summed E-state index contributed by atoms with van der Waals surface area (Å²) in [5, 5.41) is 9.25. The van der Waals surface area contributed by atoms with Gasteiger partial charge in [0.05, 0.1) is 11.1 Å². The molecule has 1 rings (SSSR count). The second-order valence-electron chi connectivity index (χ2n) is 9.50. The third-order valence-corrected chi connectivity index (χ3v) is 6.16. The van der Waals surface area contributed by atoms with Gasteiger partial charge in [0.1, 0.15) is 6.10 Å². The fraction of sp³-hybridized carbons (Fsp3) is 0.714. The summed E-state index contributed by atoms with van der Waals surface area (Å²) in [6.45, 7) is 6.62. The van der Waals surface area contributed by atoms with Crippen LogP contribution in [0.15, 0.2) is 24.3 Å². The number of carbonyl (C=O) groups is 2. The van der Waals surface area contributed by atoms with E-state index in [1.165, 1.54) is 82.8 Å². The van der Waals surface area contributed by atoms with Crippen molar-refractivity contribution in [3.8, 4) is 0 Å². The van der Waals surface area contributed by atoms with Crippen LogP contribution in [0.3, 0.4) is 0 Å². The Bertz CT molecular complexity index is 638. The van der Waals surface area contributed by atoms with Crippen LogP contribution in [0.2, 0.25) is 0 Å². The first kappa shape index (κ1) is 28.2. The smallest absolute Gasteiger partial charge is 0.339 e. The number of hydrogen-bond acceptors (Lipinski definition) is 3. The average Bonchev–Trinajstić information content (AvgIpc) is 2.78. The second-order valence-corrected chi connectivity index (χ2v) is 9.50. The first-order valence-corrected chi connectivity index (χ1v) is 13.0. The van der Waals surface area contributed by atoms with E-state index in [1.807, 2.05) is 6.92 Å². The molecule has 0 saturated carbocycles. The molecule has 0 amide bonds. The molecule has 1 aromatic rings. The fourth-order valence-electron chi connectivity index (χ4n) is 4.10. The highest BCUT2D eigenvalue weighted by atomic mass is 16.5. The molecule has 0 spiro atoms. The first-order chi connectivity index (χ1) is 15.5. The Morgan fingerprint density at radius 2 is 1.19 bits per heavy atom. The largest absolute Gasteiger partial charge is 0.478 e. The van der Waals surface area contributed by atoms with Crippen molar-refractivity contribution in [3.05, 3.63) is 35.4 Å². The molecule has 0 fully saturated rings. The van der Waals surface area contributed by atoms with E-state index in [1.54, 1.807) is 12.1 Å². The number of esters is 1. The van der Waals surface area contributed by atoms with Crippen LogP contribution >= 0.6 is 0 Å². The van der Waals surface area contributed by atoms with Crippen molar-refractivity contribution in [2.75, 3.05) is 0 Å². The molecule has 1 N–H and O–H groups in total. The number of carboxylic acids is 1. The summed E-state index contributed by atoms with van der Waals surface area (Å²) in [7, 11) is 0. The van der Waals surface area contributed by atoms with E-state index in [4.69, 9.17) is 4.74 Å². The second kappa shape index (κ2) is 17.7. The lowest BCUT2D eigenvalue weighted by molar-refractivity contribution is 0.0262. The lowest BCUT2D eigenvalue weighted by Crippen LogP contribution is -2.19. The number of unbranched alkanes of at least 4 members (excludes halogenated alkanes) is 11. The normalized spacial score (nSPS) is 12.1. The Morgan fingerprint density at radius 3 is 1.62 bits per heavy atom. The Morgan fingerprint density at radius 1 is 0.750 bits per heavy atom. The SMILES string of the molecule is CCC(CCCCCCCCCCCCCCC(C)C)OC(=O)c1ccccc1C(=O)O. The summed E-state index contributed by atoms with van der Waals surface area (Å²) in [6, 6.07) is 6.24. The summed E-state index contributed by atoms with van der Waals surface area (Å²) in [5.74, 6) is -0.791. The van der Waals surface area contributed by atoms with Gasteiger partial charge in [-0.25, -0.2) is 9.59 Å². The van der Waals surface area contributed by atoms with E-state index in [-0.39, 0.29) is 17.2 Å². The van der Waals surface area contributed by atoms with Gasteiger partial charge in [0.15, 0.2) is 0 Å². The number of carboxylic acid groups (broad SMARTS) is 1. The maximum absolute atomic E-state index is 12.4. The highest BCUT2D eigenvalue weighted by Gasteiger charge is 2.20. The molecule has 32 heavy (non-hydrogen) atoms. The highest BCUT2D eigenvalue weighted by molar-refractivity contribution is 6.02. The Kier molecular flexibility index (Phi) is 15.6. The van der Waals surface area contributed by atoms with Crippen LogP contribution in [0, 0.1) is 5.92 Å². The topological polar surface area (TPSA) is 63.6 Å². The van der Waals surface area contributed by atoms with Crippen molar-refractivity contribution in [3.63, 3.8) is 0 Å². The molecule has 0 radical (unpaired) electrons. The van der Waals surface area contributed by atoms with E-state index in [0.717, 1.165) is 31.6 Å². The van der Waals surface area contributed by atoms with Gasteiger partial charge in [-0.05, 0) is 37.3 Å². The Balaban J connectivity index is 2.06. The molecule has 4 heteroatoms. The van der Waals surface area contributed by atoms with Crippen LogP contribution in [0.25, 0.3) is 0 Å². The van der Waals surface area contributed by atoms with Crippen LogP contribution in [0.1, 0.15) is 138 Å². The standard InChI is InChI=1S/C28H46O4/c1-4-24(32-28(31)26-22-18-17-21-25(26)27(29)30)20-16-14-12-10-8-6-5-7-9-11-13-15-19-23(2)3/h17-18,21-24H,4-16,19-20H2,1-3H3,(H,29,30). The predicted octanol–water partition coefficient (Wildman–Crippen LogP) is 8.44. The van der Waals surface area contributed by atoms with E-state index in [2.05, 4.69) is 13.8 Å². The lowest BCUT2D eigenvalue weighted by Gasteiger charge is -2.17. The zero-order chi connectivity index (χ0) is 23.6. The maximum Gasteiger partial charge on any atom is 0.339 e. The third-order valence-electron chi connectivity index (χ3n) is 6.16. The minimum absolute atomic E-state index is 0.00141. The van der Waals surface area contributed by atoms with Gasteiger partial charge in [0.2, 0.25) is 0 Å². The average molecular weight is 447 g/mol. The zero-order valence-electron chi connectivity index (χ0n) is 20.7. The monoisotopic (exact) mass is 446 g/mol. The number of rotatable bonds is 19. The molecule has 0 aliphatic heterocycles. The predicted molar refractivity (Wildman–Crippen MR) is 132 cm³/mol. The molecule has 0 saturated heterocycles. The molecule has 0 aliphatic rings. The van der Waals surface area contributed by atoms with Crippen LogP contribution in [0.4, 0.5) is 0 Å². The van der Waals surface area contributed by atoms with Crippen molar-refractivity contribution in [1.82, 2.24) is 0 Å². The molecule has 0 bridgehead atoms. The van der Waals surface area contributed by atoms with Gasteiger partial charge in [-0.15, -0.1) is 0 Å². The molecule has 182 valence electrons. The van der Waals surface area contributed by atoms with Crippen LogP contribution in [-0.4, -0.2) is 23.1 Å². The Hall–Kier alpha value is -1.84. The molecule has 0 heterocycles. The molecule has 1 unspecified atom stereocenters. The van der Waals surface area contributed by atoms with Gasteiger partial charge in [-0.1, -0.05) is 110 Å². The van der Waals surface area contributed by atoms with Crippen molar-refractivity contribution < 1.29 is 19.4 Å². The third kappa shape index (κ3) is 12.9. The highest BCUT2D eigenvalue weighted by Crippen LogP contribution is 2.18. The van der Waals surface area contributed by atoms with E-state index < -0.39 is 11.9 Å².